The summed E-state index contributed by atoms with van der Waals surface area (Å²) in [5, 5.41) is 20.0. The van der Waals surface area contributed by atoms with Crippen molar-refractivity contribution in [2.75, 3.05) is 26.2 Å². The number of piperazine rings is 1. The number of halogens is 2. The fraction of sp³-hybridized carbons (Fsp3) is 0.333. The van der Waals surface area contributed by atoms with Crippen molar-refractivity contribution in [3.05, 3.63) is 56.5 Å². The van der Waals surface area contributed by atoms with Crippen LogP contribution in [0.5, 0.6) is 11.5 Å². The predicted octanol–water partition coefficient (Wildman–Crippen LogP) is 3.94. The van der Waals surface area contributed by atoms with Crippen LogP contribution in [0.25, 0.3) is 0 Å². The van der Waals surface area contributed by atoms with Gasteiger partial charge < -0.3 is 10.2 Å². The summed E-state index contributed by atoms with van der Waals surface area (Å²) in [4.78, 5) is 4.69. The van der Waals surface area contributed by atoms with Crippen molar-refractivity contribution in [1.82, 2.24) is 9.80 Å². The number of phenols is 2. The zero-order valence-corrected chi connectivity index (χ0v) is 16.4. The molecule has 0 bridgehead atoms. The molecule has 128 valence electrons. The number of nitrogens with zero attached hydrogens (tertiary/aromatic N) is 2. The van der Waals surface area contributed by atoms with Crippen LogP contribution in [0.3, 0.4) is 0 Å². The third-order valence-electron chi connectivity index (χ3n) is 4.34. The van der Waals surface area contributed by atoms with Gasteiger partial charge in [0.15, 0.2) is 0 Å². The number of rotatable bonds is 4. The van der Waals surface area contributed by atoms with Crippen molar-refractivity contribution in [2.45, 2.75) is 13.1 Å². The molecule has 0 saturated carbocycles. The zero-order valence-electron chi connectivity index (χ0n) is 13.3. The van der Waals surface area contributed by atoms with Crippen molar-refractivity contribution in [3.8, 4) is 11.5 Å². The fourth-order valence-electron chi connectivity index (χ4n) is 2.95. The van der Waals surface area contributed by atoms with Crippen LogP contribution in [0.1, 0.15) is 11.1 Å². The minimum Gasteiger partial charge on any atom is -0.508 e. The van der Waals surface area contributed by atoms with Crippen molar-refractivity contribution in [2.24, 2.45) is 0 Å². The number of hydrogen-bond acceptors (Lipinski definition) is 4. The molecule has 0 radical (unpaired) electrons. The molecule has 4 nitrogen and oxygen atoms in total. The quantitative estimate of drug-likeness (QED) is 0.732. The highest BCUT2D eigenvalue weighted by Gasteiger charge is 2.19. The molecule has 1 heterocycles. The topological polar surface area (TPSA) is 46.9 Å². The lowest BCUT2D eigenvalue weighted by Crippen LogP contribution is -2.45. The Hall–Kier alpha value is -1.08. The maximum absolute atomic E-state index is 9.98. The highest BCUT2D eigenvalue weighted by Crippen LogP contribution is 2.25. The maximum atomic E-state index is 9.98. The molecular weight excluding hydrogens is 436 g/mol. The second kappa shape index (κ2) is 7.87. The molecule has 0 spiro atoms. The molecule has 1 fully saturated rings. The first-order valence-electron chi connectivity index (χ1n) is 7.91. The average Bonchev–Trinajstić information content (AvgIpc) is 2.56. The second-order valence-electron chi connectivity index (χ2n) is 6.10. The summed E-state index contributed by atoms with van der Waals surface area (Å²) in [5.41, 5.74) is 1.89. The van der Waals surface area contributed by atoms with Crippen molar-refractivity contribution in [3.63, 3.8) is 0 Å². The maximum Gasteiger partial charge on any atom is 0.120 e. The van der Waals surface area contributed by atoms with E-state index in [1.807, 2.05) is 24.3 Å². The van der Waals surface area contributed by atoms with Gasteiger partial charge >= 0.3 is 0 Å². The molecule has 3 rings (SSSR count). The van der Waals surface area contributed by atoms with Gasteiger partial charge in [0.1, 0.15) is 11.5 Å². The number of aromatic hydroxyl groups is 2. The third kappa shape index (κ3) is 4.51. The van der Waals surface area contributed by atoms with Crippen LogP contribution < -0.4 is 0 Å². The first-order valence-corrected chi connectivity index (χ1v) is 9.49. The van der Waals surface area contributed by atoms with Gasteiger partial charge in [-0.3, -0.25) is 9.80 Å². The second-order valence-corrected chi connectivity index (χ2v) is 7.93. The van der Waals surface area contributed by atoms with Crippen molar-refractivity contribution in [1.29, 1.82) is 0 Å². The summed E-state index contributed by atoms with van der Waals surface area (Å²) in [6.07, 6.45) is 0. The van der Waals surface area contributed by atoms with Crippen molar-refractivity contribution >= 4 is 31.9 Å². The smallest absolute Gasteiger partial charge is 0.120 e. The van der Waals surface area contributed by atoms with E-state index in [0.717, 1.165) is 59.3 Å². The Bertz CT molecular complexity index is 655. The molecule has 24 heavy (non-hydrogen) atoms. The fourth-order valence-corrected chi connectivity index (χ4v) is 3.77. The van der Waals surface area contributed by atoms with E-state index in [2.05, 4.69) is 41.7 Å². The lowest BCUT2D eigenvalue weighted by molar-refractivity contribution is 0.120. The zero-order chi connectivity index (χ0) is 17.1. The first kappa shape index (κ1) is 17.7. The van der Waals surface area contributed by atoms with Gasteiger partial charge in [-0.05, 0) is 36.4 Å². The van der Waals surface area contributed by atoms with Gasteiger partial charge in [0.25, 0.3) is 0 Å². The lowest BCUT2D eigenvalue weighted by atomic mass is 10.1. The van der Waals surface area contributed by atoms with Gasteiger partial charge in [0.05, 0.1) is 0 Å². The minimum absolute atomic E-state index is 0.347. The molecule has 2 aromatic rings. The lowest BCUT2D eigenvalue weighted by Gasteiger charge is -2.35. The summed E-state index contributed by atoms with van der Waals surface area (Å²) in [5.74, 6) is 0.694. The van der Waals surface area contributed by atoms with Crippen LogP contribution in [0.2, 0.25) is 0 Å². The monoisotopic (exact) mass is 454 g/mol. The molecule has 0 amide bonds. The normalized spacial score (nSPS) is 16.4. The number of phenolic OH excluding ortho intramolecular Hbond substituents is 2. The number of hydrogen-bond donors (Lipinski definition) is 2. The molecule has 2 N–H and O–H groups in total. The van der Waals surface area contributed by atoms with Crippen LogP contribution in [0.15, 0.2) is 45.3 Å². The Morgan fingerprint density at radius 1 is 0.708 bits per heavy atom. The van der Waals surface area contributed by atoms with Gasteiger partial charge in [-0.25, -0.2) is 0 Å². The molecule has 0 aromatic heterocycles. The van der Waals surface area contributed by atoms with Gasteiger partial charge in [-0.1, -0.05) is 31.9 Å². The van der Waals surface area contributed by atoms with E-state index in [9.17, 15) is 10.2 Å². The summed E-state index contributed by atoms with van der Waals surface area (Å²) in [6, 6.07) is 11.1. The van der Waals surface area contributed by atoms with Crippen LogP contribution in [0.4, 0.5) is 0 Å². The minimum atomic E-state index is 0.347. The average molecular weight is 456 g/mol. The predicted molar refractivity (Wildman–Crippen MR) is 102 cm³/mol. The Kier molecular flexibility index (Phi) is 5.81. The highest BCUT2D eigenvalue weighted by molar-refractivity contribution is 9.10. The summed E-state index contributed by atoms with van der Waals surface area (Å²) < 4.78 is 1.97. The van der Waals surface area contributed by atoms with Crippen molar-refractivity contribution < 1.29 is 10.2 Å². The number of benzene rings is 2. The van der Waals surface area contributed by atoms with E-state index >= 15 is 0 Å². The molecule has 0 unspecified atom stereocenters. The Morgan fingerprint density at radius 2 is 1.08 bits per heavy atom. The van der Waals surface area contributed by atoms with Gasteiger partial charge in [-0.2, -0.15) is 0 Å². The Labute approximate surface area is 159 Å². The third-order valence-corrected chi connectivity index (χ3v) is 5.32. The molecule has 6 heteroatoms. The SMILES string of the molecule is Oc1ccc(Br)cc1CN1CCN(Cc2cc(Br)ccc2O)CC1. The standard InChI is InChI=1S/C18H20Br2N2O2/c19-15-1-3-17(23)13(9-15)11-21-5-7-22(8-6-21)12-14-10-16(20)2-4-18(14)24/h1-4,9-10,23-24H,5-8,11-12H2. The van der Waals surface area contributed by atoms with E-state index in [1.54, 1.807) is 12.1 Å². The van der Waals surface area contributed by atoms with E-state index in [1.165, 1.54) is 0 Å². The molecule has 1 aliphatic heterocycles. The molecule has 2 aromatic carbocycles. The molecule has 1 saturated heterocycles. The highest BCUT2D eigenvalue weighted by atomic mass is 79.9. The van der Waals surface area contributed by atoms with Crippen LogP contribution >= 0.6 is 31.9 Å². The molecule has 0 atom stereocenters. The first-order chi connectivity index (χ1) is 11.5. The molecule has 1 aliphatic rings. The van der Waals surface area contributed by atoms with Gasteiger partial charge in [0, 0.05) is 59.3 Å². The van der Waals surface area contributed by atoms with Crippen LogP contribution in [0, 0.1) is 0 Å². The van der Waals surface area contributed by atoms with E-state index < -0.39 is 0 Å². The van der Waals surface area contributed by atoms with E-state index in [4.69, 9.17) is 0 Å². The molecular formula is C18H20Br2N2O2. The van der Waals surface area contributed by atoms with E-state index in [-0.39, 0.29) is 0 Å². The molecule has 0 aliphatic carbocycles. The summed E-state index contributed by atoms with van der Waals surface area (Å²) in [7, 11) is 0. The van der Waals surface area contributed by atoms with Gasteiger partial charge in [0.2, 0.25) is 0 Å². The van der Waals surface area contributed by atoms with Gasteiger partial charge in [-0.15, -0.1) is 0 Å². The summed E-state index contributed by atoms with van der Waals surface area (Å²) in [6.45, 7) is 5.28. The largest absolute Gasteiger partial charge is 0.508 e. The Morgan fingerprint density at radius 3 is 1.46 bits per heavy atom. The van der Waals surface area contributed by atoms with Crippen LogP contribution in [-0.2, 0) is 13.1 Å². The van der Waals surface area contributed by atoms with E-state index in [0.29, 0.717) is 11.5 Å². The Balaban J connectivity index is 1.56. The summed E-state index contributed by atoms with van der Waals surface area (Å²) >= 11 is 6.91. The van der Waals surface area contributed by atoms with Crippen LogP contribution in [-0.4, -0.2) is 46.2 Å².